The third-order valence-electron chi connectivity index (χ3n) is 1.31. The molecule has 10 heavy (non-hydrogen) atoms. The maximum absolute atomic E-state index is 3.07. The molecule has 0 bridgehead atoms. The van der Waals surface area contributed by atoms with Crippen molar-refractivity contribution in [2.45, 2.75) is 4.21 Å². The predicted octanol–water partition coefficient (Wildman–Crippen LogP) is 2.95. The number of hydrogen-bond donors (Lipinski definition) is 1. The van der Waals surface area contributed by atoms with E-state index in [2.05, 4.69) is 35.1 Å². The van der Waals surface area contributed by atoms with Crippen LogP contribution in [0.4, 0.5) is 0 Å². The van der Waals surface area contributed by atoms with Crippen molar-refractivity contribution >= 4 is 22.2 Å². The van der Waals surface area contributed by atoms with Crippen LogP contribution < -0.4 is 0 Å². The van der Waals surface area contributed by atoms with Gasteiger partial charge in [0.15, 0.2) is 0 Å². The second kappa shape index (κ2) is 2.64. The Balaban J connectivity index is 2.29. The third-order valence-corrected chi connectivity index (χ3v) is 4.50. The van der Waals surface area contributed by atoms with Crippen molar-refractivity contribution in [3.05, 3.63) is 40.5 Å². The van der Waals surface area contributed by atoms with Crippen LogP contribution in [0.5, 0.6) is 0 Å². The van der Waals surface area contributed by atoms with Crippen LogP contribution in [0.3, 0.4) is 0 Å². The Bertz CT molecular complexity index is 245. The van der Waals surface area contributed by atoms with E-state index < -0.39 is 0 Å². The Morgan fingerprint density at radius 3 is 2.70 bits per heavy atom. The van der Waals surface area contributed by atoms with Gasteiger partial charge in [-0.25, -0.2) is 0 Å². The fourth-order valence-corrected chi connectivity index (χ4v) is 3.44. The zero-order chi connectivity index (χ0) is 6.81. The lowest BCUT2D eigenvalue weighted by Crippen LogP contribution is -1.61. The van der Waals surface area contributed by atoms with E-state index in [1.54, 1.807) is 11.3 Å². The molecule has 1 aliphatic rings. The molecule has 2 heterocycles. The zero-order valence-corrected chi connectivity index (χ0v) is 7.03. The predicted molar refractivity (Wildman–Crippen MR) is 48.7 cm³/mol. The molecular weight excluding hydrogens is 160 g/mol. The van der Waals surface area contributed by atoms with Crippen LogP contribution in [-0.2, 0) is 0 Å². The molecule has 51 valence electrons. The van der Waals surface area contributed by atoms with Gasteiger partial charge in [-0.05, 0) is 28.3 Å². The monoisotopic (exact) mass is 167 g/mol. The molecule has 2 heteroatoms. The molecular formula is C8H7S2. The van der Waals surface area contributed by atoms with Gasteiger partial charge in [-0.1, -0.05) is 12.2 Å². The van der Waals surface area contributed by atoms with Crippen molar-refractivity contribution in [1.82, 2.24) is 0 Å². The van der Waals surface area contributed by atoms with E-state index in [0.29, 0.717) is 0 Å². The number of hydrogen-bond acceptors (Lipinski definition) is 1. The number of allylic oxidation sites excluding steroid dienone is 2. The van der Waals surface area contributed by atoms with E-state index in [1.807, 2.05) is 5.38 Å². The van der Waals surface area contributed by atoms with E-state index in [1.165, 1.54) is 4.21 Å². The molecule has 0 aromatic carbocycles. The highest BCUT2D eigenvalue weighted by Gasteiger charge is 2.01. The summed E-state index contributed by atoms with van der Waals surface area (Å²) in [6.45, 7) is 0. The summed E-state index contributed by atoms with van der Waals surface area (Å²) < 4.78 is 1.44. The molecule has 0 spiro atoms. The van der Waals surface area contributed by atoms with E-state index in [9.17, 15) is 0 Å². The highest BCUT2D eigenvalue weighted by Crippen LogP contribution is 2.44. The van der Waals surface area contributed by atoms with Gasteiger partial charge in [0.2, 0.25) is 0 Å². The number of thiophene rings is 1. The number of thiol groups is 1. The van der Waals surface area contributed by atoms with Gasteiger partial charge in [0.1, 0.15) is 0 Å². The van der Waals surface area contributed by atoms with Crippen molar-refractivity contribution in [1.29, 1.82) is 0 Å². The van der Waals surface area contributed by atoms with Crippen LogP contribution in [0, 0.1) is 6.07 Å². The van der Waals surface area contributed by atoms with Crippen LogP contribution in [0.25, 0.3) is 0 Å². The first-order chi connectivity index (χ1) is 4.97. The van der Waals surface area contributed by atoms with Crippen molar-refractivity contribution in [2.24, 2.45) is 0 Å². The van der Waals surface area contributed by atoms with Gasteiger partial charge >= 0.3 is 0 Å². The van der Waals surface area contributed by atoms with Gasteiger partial charge in [0.05, 0.1) is 0 Å². The van der Waals surface area contributed by atoms with Gasteiger partial charge in [-0.15, -0.1) is 11.3 Å². The van der Waals surface area contributed by atoms with Crippen LogP contribution in [-0.4, -0.2) is 0 Å². The fourth-order valence-electron chi connectivity index (χ4n) is 0.851. The molecule has 0 saturated carbocycles. The van der Waals surface area contributed by atoms with Gasteiger partial charge in [-0.3, -0.25) is 0 Å². The first-order valence-corrected chi connectivity index (χ1v) is 5.41. The number of rotatable bonds is 1. The SMILES string of the molecule is [c]1csc([SH]2C=CC=C2)c1. The summed E-state index contributed by atoms with van der Waals surface area (Å²) in [6, 6.07) is 5.15. The second-order valence-corrected chi connectivity index (χ2v) is 5.08. The van der Waals surface area contributed by atoms with E-state index in [4.69, 9.17) is 0 Å². The minimum Gasteiger partial charge on any atom is -0.177 e. The Morgan fingerprint density at radius 2 is 2.10 bits per heavy atom. The zero-order valence-electron chi connectivity index (χ0n) is 5.32. The lowest BCUT2D eigenvalue weighted by atomic mass is 10.6. The van der Waals surface area contributed by atoms with Crippen LogP contribution in [0.2, 0.25) is 0 Å². The topological polar surface area (TPSA) is 0 Å². The molecule has 0 nitrogen and oxygen atoms in total. The van der Waals surface area contributed by atoms with Gasteiger partial charge in [-0.2, -0.15) is 10.9 Å². The Kier molecular flexibility index (Phi) is 1.65. The van der Waals surface area contributed by atoms with Crippen molar-refractivity contribution < 1.29 is 0 Å². The van der Waals surface area contributed by atoms with Gasteiger partial charge < -0.3 is 0 Å². The van der Waals surface area contributed by atoms with Crippen molar-refractivity contribution in [3.8, 4) is 0 Å². The average molecular weight is 167 g/mol. The standard InChI is InChI=1S/C8H7S2/c1-2-7-10(6-1)8-4-3-5-9-8/h1-2,4-7,10H. The largest absolute Gasteiger partial charge is 0.177 e. The molecule has 1 radical (unpaired) electrons. The summed E-state index contributed by atoms with van der Waals surface area (Å²) in [5.41, 5.74) is 0. The Labute approximate surface area is 67.2 Å². The van der Waals surface area contributed by atoms with Gasteiger partial charge in [0.25, 0.3) is 0 Å². The lowest BCUT2D eigenvalue weighted by molar-refractivity contribution is 1.73. The fraction of sp³-hybridized carbons (Fsp3) is 0. The quantitative estimate of drug-likeness (QED) is 0.611. The van der Waals surface area contributed by atoms with Crippen LogP contribution in [0.1, 0.15) is 0 Å². The molecule has 0 atom stereocenters. The minimum atomic E-state index is -0.0770. The second-order valence-electron chi connectivity index (χ2n) is 1.98. The molecule has 1 aromatic heterocycles. The minimum absolute atomic E-state index is 0.0770. The summed E-state index contributed by atoms with van der Waals surface area (Å²) >= 11 is 1.79. The summed E-state index contributed by atoms with van der Waals surface area (Å²) in [4.78, 5) is 0. The van der Waals surface area contributed by atoms with Crippen LogP contribution >= 0.6 is 22.2 Å². The normalized spacial score (nSPS) is 18.6. The van der Waals surface area contributed by atoms with Crippen molar-refractivity contribution in [2.75, 3.05) is 0 Å². The molecule has 0 saturated heterocycles. The summed E-state index contributed by atoms with van der Waals surface area (Å²) in [5, 5.41) is 6.53. The maximum Gasteiger partial charge on any atom is 0.0479 e. The molecule has 1 aliphatic heterocycles. The molecule has 0 unspecified atom stereocenters. The van der Waals surface area contributed by atoms with Gasteiger partial charge in [0, 0.05) is 4.21 Å². The molecule has 0 amide bonds. The first-order valence-electron chi connectivity index (χ1n) is 3.05. The highest BCUT2D eigenvalue weighted by molar-refractivity contribution is 8.23. The average Bonchev–Trinajstić information content (AvgIpc) is 2.59. The molecule has 1 aromatic rings. The molecule has 0 N–H and O–H groups in total. The summed E-state index contributed by atoms with van der Waals surface area (Å²) in [7, 11) is -0.0770. The summed E-state index contributed by atoms with van der Waals surface area (Å²) in [5.74, 6) is 0. The molecule has 0 fully saturated rings. The smallest absolute Gasteiger partial charge is 0.0479 e. The molecule has 2 rings (SSSR count). The Hall–Kier alpha value is -0.470. The third kappa shape index (κ3) is 1.04. The maximum atomic E-state index is 3.07. The van der Waals surface area contributed by atoms with E-state index in [-0.39, 0.29) is 10.9 Å². The van der Waals surface area contributed by atoms with Crippen LogP contribution in [0.15, 0.2) is 38.6 Å². The molecule has 0 aliphatic carbocycles. The lowest BCUT2D eigenvalue weighted by Gasteiger charge is -2.04. The Morgan fingerprint density at radius 1 is 1.30 bits per heavy atom. The van der Waals surface area contributed by atoms with Crippen molar-refractivity contribution in [3.63, 3.8) is 0 Å². The first kappa shape index (κ1) is 6.25. The highest BCUT2D eigenvalue weighted by atomic mass is 32.2. The summed E-state index contributed by atoms with van der Waals surface area (Å²) in [6.07, 6.45) is 4.23. The van der Waals surface area contributed by atoms with E-state index in [0.717, 1.165) is 0 Å². The van der Waals surface area contributed by atoms with E-state index >= 15 is 0 Å².